The summed E-state index contributed by atoms with van der Waals surface area (Å²) in [4.78, 5) is 13.0. The van der Waals surface area contributed by atoms with E-state index >= 15 is 0 Å². The first-order chi connectivity index (χ1) is 6.50. The predicted octanol–water partition coefficient (Wildman–Crippen LogP) is -0.0806. The summed E-state index contributed by atoms with van der Waals surface area (Å²) in [5.41, 5.74) is 11.2. The monoisotopic (exact) mass is 199 g/mol. The highest BCUT2D eigenvalue weighted by Crippen LogP contribution is 2.17. The van der Waals surface area contributed by atoms with Crippen molar-refractivity contribution in [2.75, 3.05) is 13.1 Å². The van der Waals surface area contributed by atoms with Crippen LogP contribution in [0, 0.1) is 5.92 Å². The topological polar surface area (TPSA) is 72.3 Å². The van der Waals surface area contributed by atoms with E-state index in [9.17, 15) is 4.79 Å². The molecule has 0 saturated carbocycles. The van der Waals surface area contributed by atoms with Crippen LogP contribution in [0.3, 0.4) is 0 Å². The number of nitrogens with zero attached hydrogens (tertiary/aromatic N) is 1. The number of nitrogens with two attached hydrogens (primary N) is 2. The molecule has 1 aliphatic heterocycles. The summed E-state index contributed by atoms with van der Waals surface area (Å²) in [6, 6.07) is 0.102. The van der Waals surface area contributed by atoms with E-state index in [0.29, 0.717) is 5.92 Å². The third-order valence-corrected chi connectivity index (χ3v) is 2.70. The maximum atomic E-state index is 10.9. The Labute approximate surface area is 85.6 Å². The molecule has 1 fully saturated rings. The van der Waals surface area contributed by atoms with E-state index in [-0.39, 0.29) is 18.0 Å². The lowest BCUT2D eigenvalue weighted by Crippen LogP contribution is -2.57. The van der Waals surface area contributed by atoms with Gasteiger partial charge in [0.2, 0.25) is 5.91 Å². The van der Waals surface area contributed by atoms with Gasteiger partial charge in [0.15, 0.2) is 0 Å². The molecule has 0 aromatic rings. The molecule has 1 amide bonds. The average molecular weight is 199 g/mol. The lowest BCUT2D eigenvalue weighted by molar-refractivity contribution is -0.127. The van der Waals surface area contributed by atoms with Gasteiger partial charge in [0, 0.05) is 19.1 Å². The first-order valence-electron chi connectivity index (χ1n) is 5.29. The van der Waals surface area contributed by atoms with Crippen molar-refractivity contribution >= 4 is 5.91 Å². The van der Waals surface area contributed by atoms with Crippen LogP contribution in [-0.2, 0) is 4.79 Å². The van der Waals surface area contributed by atoms with Gasteiger partial charge >= 0.3 is 0 Å². The molecule has 4 N–H and O–H groups in total. The van der Waals surface area contributed by atoms with Gasteiger partial charge in [0.1, 0.15) is 0 Å². The van der Waals surface area contributed by atoms with Gasteiger partial charge in [-0.05, 0) is 18.8 Å². The second kappa shape index (κ2) is 4.75. The summed E-state index contributed by atoms with van der Waals surface area (Å²) in [6.45, 7) is 6.06. The Morgan fingerprint density at radius 2 is 2.21 bits per heavy atom. The van der Waals surface area contributed by atoms with Crippen molar-refractivity contribution in [3.8, 4) is 0 Å². The lowest BCUT2D eigenvalue weighted by Gasteiger charge is -2.40. The molecule has 82 valence electrons. The summed E-state index contributed by atoms with van der Waals surface area (Å²) >= 11 is 0. The Morgan fingerprint density at radius 3 is 2.57 bits per heavy atom. The molecule has 4 heteroatoms. The zero-order chi connectivity index (χ0) is 10.7. The maximum Gasteiger partial charge on any atom is 0.234 e. The van der Waals surface area contributed by atoms with Gasteiger partial charge in [0.05, 0.1) is 6.04 Å². The fraction of sp³-hybridized carbons (Fsp3) is 0.900. The molecule has 1 aliphatic rings. The van der Waals surface area contributed by atoms with E-state index in [1.54, 1.807) is 0 Å². The predicted molar refractivity (Wildman–Crippen MR) is 56.6 cm³/mol. The van der Waals surface area contributed by atoms with Gasteiger partial charge in [-0.3, -0.25) is 9.69 Å². The van der Waals surface area contributed by atoms with Crippen LogP contribution in [0.2, 0.25) is 0 Å². The average Bonchev–Trinajstić information content (AvgIpc) is 1.95. The quantitative estimate of drug-likeness (QED) is 0.650. The molecule has 2 atom stereocenters. The number of rotatable bonds is 5. The van der Waals surface area contributed by atoms with Gasteiger partial charge in [-0.15, -0.1) is 0 Å². The van der Waals surface area contributed by atoms with Crippen LogP contribution in [0.5, 0.6) is 0 Å². The minimum Gasteiger partial charge on any atom is -0.368 e. The largest absolute Gasteiger partial charge is 0.368 e. The van der Waals surface area contributed by atoms with Crippen molar-refractivity contribution < 1.29 is 4.79 Å². The van der Waals surface area contributed by atoms with Crippen molar-refractivity contribution in [2.45, 2.75) is 38.8 Å². The van der Waals surface area contributed by atoms with Gasteiger partial charge in [-0.1, -0.05) is 13.8 Å². The Kier molecular flexibility index (Phi) is 3.89. The highest BCUT2D eigenvalue weighted by atomic mass is 16.1. The van der Waals surface area contributed by atoms with Crippen LogP contribution in [0.25, 0.3) is 0 Å². The van der Waals surface area contributed by atoms with E-state index in [0.717, 1.165) is 25.9 Å². The molecule has 0 aliphatic carbocycles. The molecule has 0 bridgehead atoms. The molecule has 0 aromatic carbocycles. The molecular weight excluding hydrogens is 178 g/mol. The normalized spacial score (nSPS) is 24.7. The van der Waals surface area contributed by atoms with Crippen molar-refractivity contribution in [3.63, 3.8) is 0 Å². The number of likely N-dealkylation sites (tertiary alicyclic amines) is 1. The summed E-state index contributed by atoms with van der Waals surface area (Å²) in [5, 5.41) is 0. The first kappa shape index (κ1) is 11.5. The Bertz CT molecular complexity index is 206. The van der Waals surface area contributed by atoms with Gasteiger partial charge in [-0.2, -0.15) is 0 Å². The number of amides is 1. The molecular formula is C10H21N3O. The lowest BCUT2D eigenvalue weighted by atomic mass is 9.98. The molecule has 1 heterocycles. The number of carbonyl (C=O) groups excluding carboxylic acids is 1. The van der Waals surface area contributed by atoms with Crippen LogP contribution >= 0.6 is 0 Å². The number of carbonyl (C=O) groups is 1. The second-order valence-electron chi connectivity index (χ2n) is 4.59. The fourth-order valence-electron chi connectivity index (χ4n) is 1.96. The van der Waals surface area contributed by atoms with Gasteiger partial charge < -0.3 is 11.5 Å². The Morgan fingerprint density at radius 1 is 1.57 bits per heavy atom. The molecule has 2 unspecified atom stereocenters. The van der Waals surface area contributed by atoms with Crippen molar-refractivity contribution in [2.24, 2.45) is 17.4 Å². The van der Waals surface area contributed by atoms with E-state index in [1.165, 1.54) is 0 Å². The van der Waals surface area contributed by atoms with E-state index < -0.39 is 0 Å². The minimum atomic E-state index is -0.215. The standard InChI is InChI=1S/C10H21N3O/c1-7(2)5-8(11)6-13-4-3-9(13)10(12)14/h7-9H,3-6,11H2,1-2H3,(H2,12,14). The van der Waals surface area contributed by atoms with Crippen molar-refractivity contribution in [3.05, 3.63) is 0 Å². The Hall–Kier alpha value is -0.610. The molecule has 1 rings (SSSR count). The van der Waals surface area contributed by atoms with Gasteiger partial charge in [-0.25, -0.2) is 0 Å². The maximum absolute atomic E-state index is 10.9. The van der Waals surface area contributed by atoms with E-state index in [2.05, 4.69) is 18.7 Å². The fourth-order valence-corrected chi connectivity index (χ4v) is 1.96. The highest BCUT2D eigenvalue weighted by molar-refractivity contribution is 5.80. The zero-order valence-corrected chi connectivity index (χ0v) is 9.07. The van der Waals surface area contributed by atoms with Crippen LogP contribution in [0.15, 0.2) is 0 Å². The number of hydrogen-bond acceptors (Lipinski definition) is 3. The van der Waals surface area contributed by atoms with Crippen LogP contribution in [0.4, 0.5) is 0 Å². The molecule has 4 nitrogen and oxygen atoms in total. The summed E-state index contributed by atoms with van der Waals surface area (Å²) in [7, 11) is 0. The third kappa shape index (κ3) is 2.96. The molecule has 0 aromatic heterocycles. The SMILES string of the molecule is CC(C)CC(N)CN1CCC1C(N)=O. The summed E-state index contributed by atoms with van der Waals surface area (Å²) in [5.74, 6) is 0.395. The van der Waals surface area contributed by atoms with Crippen molar-refractivity contribution in [1.82, 2.24) is 4.90 Å². The third-order valence-electron chi connectivity index (χ3n) is 2.70. The van der Waals surface area contributed by atoms with Crippen LogP contribution < -0.4 is 11.5 Å². The van der Waals surface area contributed by atoms with Gasteiger partial charge in [0.25, 0.3) is 0 Å². The van der Waals surface area contributed by atoms with E-state index in [1.807, 2.05) is 0 Å². The Balaban J connectivity index is 2.27. The molecule has 0 radical (unpaired) electrons. The van der Waals surface area contributed by atoms with Crippen molar-refractivity contribution in [1.29, 1.82) is 0 Å². The summed E-state index contributed by atoms with van der Waals surface area (Å²) < 4.78 is 0. The smallest absolute Gasteiger partial charge is 0.234 e. The number of primary amides is 1. The first-order valence-corrected chi connectivity index (χ1v) is 5.29. The molecule has 1 saturated heterocycles. The summed E-state index contributed by atoms with van der Waals surface area (Å²) in [6.07, 6.45) is 1.89. The highest BCUT2D eigenvalue weighted by Gasteiger charge is 2.33. The zero-order valence-electron chi connectivity index (χ0n) is 9.07. The number of hydrogen-bond donors (Lipinski definition) is 2. The van der Waals surface area contributed by atoms with Crippen LogP contribution in [0.1, 0.15) is 26.7 Å². The second-order valence-corrected chi connectivity index (χ2v) is 4.59. The van der Waals surface area contributed by atoms with E-state index in [4.69, 9.17) is 11.5 Å². The van der Waals surface area contributed by atoms with Crippen LogP contribution in [-0.4, -0.2) is 36.0 Å². The molecule has 0 spiro atoms. The molecule has 14 heavy (non-hydrogen) atoms. The minimum absolute atomic E-state index is 0.0618.